The van der Waals surface area contributed by atoms with Crippen molar-refractivity contribution < 1.29 is 9.72 Å². The molecule has 10 heteroatoms. The normalized spacial score (nSPS) is 10.5. The molecule has 0 bridgehead atoms. The maximum atomic E-state index is 12.5. The molecule has 0 atom stereocenters. The van der Waals surface area contributed by atoms with Crippen LogP contribution in [0.4, 0.5) is 17.1 Å². The zero-order valence-electron chi connectivity index (χ0n) is 15.5. The summed E-state index contributed by atoms with van der Waals surface area (Å²) in [4.78, 5) is 25.8. The van der Waals surface area contributed by atoms with Crippen LogP contribution in [-0.2, 0) is 7.05 Å². The Morgan fingerprint density at radius 2 is 1.93 bits per heavy atom. The molecule has 1 N–H and O–H groups in total. The number of nitro groups is 1. The third kappa shape index (κ3) is 4.29. The topological polar surface area (TPSA) is 106 Å². The largest absolute Gasteiger partial charge is 0.378 e. The summed E-state index contributed by atoms with van der Waals surface area (Å²) in [5, 5.41) is 22.4. The van der Waals surface area contributed by atoms with E-state index >= 15 is 0 Å². The van der Waals surface area contributed by atoms with Gasteiger partial charge in [-0.3, -0.25) is 14.9 Å². The summed E-state index contributed by atoms with van der Waals surface area (Å²) in [5.74, 6) is -0.420. The minimum absolute atomic E-state index is 0.163. The van der Waals surface area contributed by atoms with Gasteiger partial charge in [0.05, 0.1) is 9.82 Å². The van der Waals surface area contributed by atoms with Crippen LogP contribution in [0.15, 0.2) is 58.8 Å². The molecule has 0 fully saturated rings. The molecule has 0 saturated carbocycles. The molecule has 3 aromatic rings. The summed E-state index contributed by atoms with van der Waals surface area (Å²) in [6.07, 6.45) is 1.51. The predicted molar refractivity (Wildman–Crippen MR) is 107 cm³/mol. The van der Waals surface area contributed by atoms with Crippen LogP contribution in [0.3, 0.4) is 0 Å². The van der Waals surface area contributed by atoms with E-state index in [0.29, 0.717) is 15.7 Å². The Labute approximate surface area is 165 Å². The Bertz CT molecular complexity index is 1020. The number of rotatable bonds is 6. The van der Waals surface area contributed by atoms with Crippen molar-refractivity contribution in [2.45, 2.75) is 10.1 Å². The lowest BCUT2D eigenvalue weighted by Crippen LogP contribution is -2.13. The maximum absolute atomic E-state index is 12.5. The first-order valence-corrected chi connectivity index (χ1v) is 9.06. The number of nitro benzene ring substituents is 1. The Morgan fingerprint density at radius 3 is 2.50 bits per heavy atom. The number of benzene rings is 2. The quantitative estimate of drug-likeness (QED) is 0.502. The summed E-state index contributed by atoms with van der Waals surface area (Å²) < 4.78 is 1.66. The van der Waals surface area contributed by atoms with E-state index in [1.165, 1.54) is 12.4 Å². The third-order valence-corrected chi connectivity index (χ3v) is 5.05. The van der Waals surface area contributed by atoms with Crippen molar-refractivity contribution in [2.75, 3.05) is 24.3 Å². The molecular weight excluding hydrogens is 380 g/mol. The number of hydrogen-bond donors (Lipinski definition) is 1. The van der Waals surface area contributed by atoms with E-state index in [1.807, 2.05) is 31.1 Å². The van der Waals surface area contributed by atoms with Crippen LogP contribution in [0, 0.1) is 10.1 Å². The minimum Gasteiger partial charge on any atom is -0.378 e. The van der Waals surface area contributed by atoms with E-state index in [-0.39, 0.29) is 11.3 Å². The summed E-state index contributed by atoms with van der Waals surface area (Å²) in [6, 6.07) is 11.7. The molecule has 0 radical (unpaired) electrons. The highest BCUT2D eigenvalue weighted by molar-refractivity contribution is 7.99. The molecule has 2 aromatic carbocycles. The average molecular weight is 398 g/mol. The number of hydrogen-bond acceptors (Lipinski definition) is 7. The molecular formula is C18H18N6O3S. The van der Waals surface area contributed by atoms with Gasteiger partial charge < -0.3 is 14.8 Å². The van der Waals surface area contributed by atoms with Gasteiger partial charge in [0.15, 0.2) is 5.16 Å². The van der Waals surface area contributed by atoms with Gasteiger partial charge in [-0.05, 0) is 48.2 Å². The number of aryl methyl sites for hydroxylation is 1. The molecule has 0 unspecified atom stereocenters. The smallest absolute Gasteiger partial charge is 0.284 e. The maximum Gasteiger partial charge on any atom is 0.284 e. The molecule has 144 valence electrons. The van der Waals surface area contributed by atoms with Crippen molar-refractivity contribution in [3.8, 4) is 0 Å². The Hall–Kier alpha value is -3.40. The second kappa shape index (κ2) is 8.09. The molecule has 0 saturated heterocycles. The summed E-state index contributed by atoms with van der Waals surface area (Å²) in [6.45, 7) is 0. The van der Waals surface area contributed by atoms with Crippen LogP contribution in [0.2, 0.25) is 0 Å². The van der Waals surface area contributed by atoms with E-state index in [1.54, 1.807) is 35.9 Å². The highest BCUT2D eigenvalue weighted by atomic mass is 32.2. The van der Waals surface area contributed by atoms with Gasteiger partial charge >= 0.3 is 0 Å². The van der Waals surface area contributed by atoms with Crippen molar-refractivity contribution in [2.24, 2.45) is 7.05 Å². The first-order chi connectivity index (χ1) is 13.3. The molecule has 1 amide bonds. The fourth-order valence-electron chi connectivity index (χ4n) is 2.40. The van der Waals surface area contributed by atoms with Gasteiger partial charge in [-0.1, -0.05) is 0 Å². The monoisotopic (exact) mass is 398 g/mol. The highest BCUT2D eigenvalue weighted by Gasteiger charge is 2.20. The first-order valence-electron chi connectivity index (χ1n) is 8.24. The highest BCUT2D eigenvalue weighted by Crippen LogP contribution is 2.34. The Kier molecular flexibility index (Phi) is 5.59. The Balaban J connectivity index is 1.81. The van der Waals surface area contributed by atoms with Gasteiger partial charge in [0.2, 0.25) is 0 Å². The molecule has 0 aliphatic rings. The second-order valence-electron chi connectivity index (χ2n) is 6.16. The van der Waals surface area contributed by atoms with Crippen molar-refractivity contribution in [3.05, 3.63) is 64.5 Å². The number of carbonyl (C=O) groups excluding carboxylic acids is 1. The van der Waals surface area contributed by atoms with Gasteiger partial charge in [0.25, 0.3) is 11.6 Å². The van der Waals surface area contributed by atoms with Crippen molar-refractivity contribution in [1.29, 1.82) is 0 Å². The number of aromatic nitrogens is 3. The van der Waals surface area contributed by atoms with Crippen LogP contribution in [0.1, 0.15) is 10.4 Å². The standard InChI is InChI=1S/C18H18N6O3S/c1-22(2)14-7-5-13(6-8-14)20-17(25)12-4-9-16(15(10-12)24(26)27)28-18-21-19-11-23(18)3/h4-11H,1-3H3,(H,20,25). The van der Waals surface area contributed by atoms with Crippen LogP contribution < -0.4 is 10.2 Å². The molecule has 3 rings (SSSR count). The minimum atomic E-state index is -0.513. The van der Waals surface area contributed by atoms with E-state index in [0.717, 1.165) is 17.4 Å². The van der Waals surface area contributed by atoms with Crippen LogP contribution in [0.25, 0.3) is 0 Å². The molecule has 1 aromatic heterocycles. The number of nitrogens with zero attached hydrogens (tertiary/aromatic N) is 5. The molecule has 28 heavy (non-hydrogen) atoms. The van der Waals surface area contributed by atoms with Crippen LogP contribution in [-0.4, -0.2) is 39.7 Å². The number of carbonyl (C=O) groups is 1. The summed E-state index contributed by atoms with van der Waals surface area (Å²) in [5.41, 5.74) is 1.64. The molecule has 0 spiro atoms. The van der Waals surface area contributed by atoms with Gasteiger partial charge in [0.1, 0.15) is 6.33 Å². The molecule has 0 aliphatic heterocycles. The number of anilines is 2. The third-order valence-electron chi connectivity index (χ3n) is 3.93. The van der Waals surface area contributed by atoms with E-state index < -0.39 is 10.8 Å². The molecule has 0 aliphatic carbocycles. The van der Waals surface area contributed by atoms with Crippen molar-refractivity contribution >= 4 is 34.7 Å². The zero-order chi connectivity index (χ0) is 20.3. The van der Waals surface area contributed by atoms with Gasteiger partial charge in [-0.15, -0.1) is 10.2 Å². The summed E-state index contributed by atoms with van der Waals surface area (Å²) in [7, 11) is 5.60. The van der Waals surface area contributed by atoms with Gasteiger partial charge in [-0.25, -0.2) is 0 Å². The lowest BCUT2D eigenvalue weighted by molar-refractivity contribution is -0.387. The first kappa shape index (κ1) is 19.4. The van der Waals surface area contributed by atoms with E-state index in [4.69, 9.17) is 0 Å². The van der Waals surface area contributed by atoms with Crippen LogP contribution >= 0.6 is 11.8 Å². The number of amides is 1. The van der Waals surface area contributed by atoms with Crippen LogP contribution in [0.5, 0.6) is 0 Å². The zero-order valence-corrected chi connectivity index (χ0v) is 16.3. The lowest BCUT2D eigenvalue weighted by Gasteiger charge is -2.13. The van der Waals surface area contributed by atoms with E-state index in [9.17, 15) is 14.9 Å². The number of nitrogens with one attached hydrogen (secondary N) is 1. The second-order valence-corrected chi connectivity index (χ2v) is 7.17. The average Bonchev–Trinajstić information content (AvgIpc) is 3.07. The summed E-state index contributed by atoms with van der Waals surface area (Å²) >= 11 is 1.12. The molecule has 9 nitrogen and oxygen atoms in total. The fraction of sp³-hybridized carbons (Fsp3) is 0.167. The Morgan fingerprint density at radius 1 is 1.21 bits per heavy atom. The van der Waals surface area contributed by atoms with Crippen molar-refractivity contribution in [3.63, 3.8) is 0 Å². The SMILES string of the molecule is CN(C)c1ccc(NC(=O)c2ccc(Sc3nncn3C)c([N+](=O)[O-])c2)cc1. The van der Waals surface area contributed by atoms with Gasteiger partial charge in [-0.2, -0.15) is 0 Å². The lowest BCUT2D eigenvalue weighted by atomic mass is 10.2. The van der Waals surface area contributed by atoms with Crippen molar-refractivity contribution in [1.82, 2.24) is 14.8 Å². The fourth-order valence-corrected chi connectivity index (χ4v) is 3.25. The predicted octanol–water partition coefficient (Wildman–Crippen LogP) is 3.19. The van der Waals surface area contributed by atoms with E-state index in [2.05, 4.69) is 15.5 Å². The molecule has 1 heterocycles. The van der Waals surface area contributed by atoms with Gasteiger partial charge in [0, 0.05) is 44.1 Å².